The van der Waals surface area contributed by atoms with Crippen LogP contribution in [0.15, 0.2) is 59.5 Å². The number of carbonyl (C=O) groups is 2. The van der Waals surface area contributed by atoms with Gasteiger partial charge in [0.05, 0.1) is 0 Å². The van der Waals surface area contributed by atoms with Crippen LogP contribution < -0.4 is 5.32 Å². The van der Waals surface area contributed by atoms with Crippen molar-refractivity contribution in [3.8, 4) is 0 Å². The second kappa shape index (κ2) is 7.64. The lowest BCUT2D eigenvalue weighted by Crippen LogP contribution is -2.12. The predicted octanol–water partition coefficient (Wildman–Crippen LogP) is 4.01. The number of thioether (sulfide) groups is 1. The normalized spacial score (nSPS) is 10.1. The summed E-state index contributed by atoms with van der Waals surface area (Å²) < 4.78 is 0. The summed E-state index contributed by atoms with van der Waals surface area (Å²) in [5, 5.41) is 2.83. The van der Waals surface area contributed by atoms with E-state index in [1.165, 1.54) is 6.92 Å². The number of benzene rings is 2. The highest BCUT2D eigenvalue weighted by Gasteiger charge is 2.04. The van der Waals surface area contributed by atoms with Gasteiger partial charge in [-0.1, -0.05) is 18.2 Å². The van der Waals surface area contributed by atoms with Crippen molar-refractivity contribution >= 4 is 29.1 Å². The number of anilines is 1. The summed E-state index contributed by atoms with van der Waals surface area (Å²) in [7, 11) is 0. The average molecular weight is 299 g/mol. The molecule has 0 heterocycles. The summed E-state index contributed by atoms with van der Waals surface area (Å²) in [5.74, 6) is 0.739. The lowest BCUT2D eigenvalue weighted by atomic mass is 10.1. The lowest BCUT2D eigenvalue weighted by Gasteiger charge is -2.06. The molecule has 108 valence electrons. The third-order valence-corrected chi connectivity index (χ3v) is 3.93. The molecule has 0 aliphatic rings. The zero-order valence-corrected chi connectivity index (χ0v) is 12.7. The van der Waals surface area contributed by atoms with Crippen LogP contribution in [0.1, 0.15) is 23.7 Å². The molecule has 3 nitrogen and oxygen atoms in total. The largest absolute Gasteiger partial charge is 0.326 e. The van der Waals surface area contributed by atoms with E-state index in [4.69, 9.17) is 0 Å². The van der Waals surface area contributed by atoms with Crippen molar-refractivity contribution in [1.29, 1.82) is 0 Å². The van der Waals surface area contributed by atoms with E-state index in [0.29, 0.717) is 12.0 Å². The van der Waals surface area contributed by atoms with Gasteiger partial charge in [-0.15, -0.1) is 11.8 Å². The summed E-state index contributed by atoms with van der Waals surface area (Å²) in [6, 6.07) is 16.9. The molecule has 0 unspecified atom stereocenters. The molecule has 0 aliphatic heterocycles. The van der Waals surface area contributed by atoms with E-state index in [1.807, 2.05) is 30.3 Å². The van der Waals surface area contributed by atoms with Crippen LogP contribution in [0.4, 0.5) is 5.69 Å². The van der Waals surface area contributed by atoms with Gasteiger partial charge < -0.3 is 5.32 Å². The Labute approximate surface area is 128 Å². The SMILES string of the molecule is CC(=O)c1ccc(NC(=O)CCSc2ccccc2)cc1. The van der Waals surface area contributed by atoms with Gasteiger partial charge in [0.15, 0.2) is 5.78 Å². The van der Waals surface area contributed by atoms with Gasteiger partial charge in [0.25, 0.3) is 0 Å². The van der Waals surface area contributed by atoms with Crippen LogP contribution in [0.5, 0.6) is 0 Å². The molecule has 0 aliphatic carbocycles. The van der Waals surface area contributed by atoms with Crippen LogP contribution in [0.2, 0.25) is 0 Å². The summed E-state index contributed by atoms with van der Waals surface area (Å²) in [6.45, 7) is 1.52. The van der Waals surface area contributed by atoms with Crippen LogP contribution in [0, 0.1) is 0 Å². The summed E-state index contributed by atoms with van der Waals surface area (Å²) in [4.78, 5) is 24.2. The summed E-state index contributed by atoms with van der Waals surface area (Å²) in [6.07, 6.45) is 0.452. The molecule has 1 N–H and O–H groups in total. The number of rotatable bonds is 6. The van der Waals surface area contributed by atoms with Crippen molar-refractivity contribution in [2.45, 2.75) is 18.2 Å². The Balaban J connectivity index is 1.78. The highest BCUT2D eigenvalue weighted by atomic mass is 32.2. The third-order valence-electron chi connectivity index (χ3n) is 2.92. The van der Waals surface area contributed by atoms with Crippen LogP contribution in [0.25, 0.3) is 0 Å². The van der Waals surface area contributed by atoms with Gasteiger partial charge in [-0.25, -0.2) is 0 Å². The zero-order valence-electron chi connectivity index (χ0n) is 11.8. The minimum Gasteiger partial charge on any atom is -0.326 e. The van der Waals surface area contributed by atoms with Gasteiger partial charge in [-0.2, -0.15) is 0 Å². The highest BCUT2D eigenvalue weighted by Crippen LogP contribution is 2.18. The van der Waals surface area contributed by atoms with E-state index < -0.39 is 0 Å². The number of hydrogen-bond donors (Lipinski definition) is 1. The molecule has 2 rings (SSSR count). The lowest BCUT2D eigenvalue weighted by molar-refractivity contribution is -0.115. The Hall–Kier alpha value is -2.07. The van der Waals surface area contributed by atoms with E-state index in [-0.39, 0.29) is 11.7 Å². The Kier molecular flexibility index (Phi) is 5.58. The average Bonchev–Trinajstić information content (AvgIpc) is 2.49. The van der Waals surface area contributed by atoms with E-state index in [2.05, 4.69) is 5.32 Å². The second-order valence-corrected chi connectivity index (χ2v) is 5.76. The van der Waals surface area contributed by atoms with E-state index in [9.17, 15) is 9.59 Å². The minimum atomic E-state index is -0.0194. The fraction of sp³-hybridized carbons (Fsp3) is 0.176. The van der Waals surface area contributed by atoms with E-state index in [1.54, 1.807) is 36.0 Å². The van der Waals surface area contributed by atoms with E-state index >= 15 is 0 Å². The number of hydrogen-bond acceptors (Lipinski definition) is 3. The first-order valence-corrected chi connectivity index (χ1v) is 7.72. The molecule has 0 saturated heterocycles. The van der Waals surface area contributed by atoms with Crippen LogP contribution >= 0.6 is 11.8 Å². The standard InChI is InChI=1S/C17H17NO2S/c1-13(19)14-7-9-15(10-8-14)18-17(20)11-12-21-16-5-3-2-4-6-16/h2-10H,11-12H2,1H3,(H,18,20). The van der Waals surface area contributed by atoms with Gasteiger partial charge in [0.1, 0.15) is 0 Å². The first kappa shape index (κ1) is 15.3. The zero-order chi connectivity index (χ0) is 15.1. The molecule has 0 fully saturated rings. The number of ketones is 1. The Morgan fingerprint density at radius 1 is 1.00 bits per heavy atom. The van der Waals surface area contributed by atoms with Gasteiger partial charge in [-0.05, 0) is 43.3 Å². The molecule has 1 amide bonds. The van der Waals surface area contributed by atoms with Crippen LogP contribution in [-0.4, -0.2) is 17.4 Å². The molecule has 0 atom stereocenters. The number of nitrogens with one attached hydrogen (secondary N) is 1. The monoisotopic (exact) mass is 299 g/mol. The van der Waals surface area contributed by atoms with Crippen molar-refractivity contribution in [1.82, 2.24) is 0 Å². The first-order chi connectivity index (χ1) is 10.1. The minimum absolute atomic E-state index is 0.0194. The molecule has 4 heteroatoms. The molecule has 2 aromatic carbocycles. The molecule has 0 bridgehead atoms. The fourth-order valence-electron chi connectivity index (χ4n) is 1.79. The van der Waals surface area contributed by atoms with Gasteiger partial charge in [0.2, 0.25) is 5.91 Å². The van der Waals surface area contributed by atoms with Gasteiger partial charge in [0, 0.05) is 28.3 Å². The number of Topliss-reactive ketones (excluding diaryl/α,β-unsaturated/α-hetero) is 1. The fourth-order valence-corrected chi connectivity index (χ4v) is 2.66. The van der Waals surface area contributed by atoms with Crippen LogP contribution in [0.3, 0.4) is 0 Å². The third kappa shape index (κ3) is 5.08. The molecular weight excluding hydrogens is 282 g/mol. The van der Waals surface area contributed by atoms with Crippen molar-refractivity contribution in [2.75, 3.05) is 11.1 Å². The molecule has 0 radical (unpaired) electrons. The first-order valence-electron chi connectivity index (χ1n) is 6.74. The van der Waals surface area contributed by atoms with Crippen molar-refractivity contribution in [2.24, 2.45) is 0 Å². The molecule has 0 saturated carbocycles. The molecule has 0 aromatic heterocycles. The quantitative estimate of drug-likeness (QED) is 0.647. The molecule has 21 heavy (non-hydrogen) atoms. The Morgan fingerprint density at radius 2 is 1.67 bits per heavy atom. The maximum Gasteiger partial charge on any atom is 0.225 e. The van der Waals surface area contributed by atoms with Gasteiger partial charge in [-0.3, -0.25) is 9.59 Å². The van der Waals surface area contributed by atoms with E-state index in [0.717, 1.165) is 16.3 Å². The van der Waals surface area contributed by atoms with Crippen LogP contribution in [-0.2, 0) is 4.79 Å². The summed E-state index contributed by atoms with van der Waals surface area (Å²) >= 11 is 1.66. The second-order valence-electron chi connectivity index (χ2n) is 4.59. The molecule has 2 aromatic rings. The Bertz CT molecular complexity index is 608. The van der Waals surface area contributed by atoms with Crippen molar-refractivity contribution in [3.05, 3.63) is 60.2 Å². The Morgan fingerprint density at radius 3 is 2.29 bits per heavy atom. The maximum absolute atomic E-state index is 11.8. The smallest absolute Gasteiger partial charge is 0.225 e. The van der Waals surface area contributed by atoms with Crippen molar-refractivity contribution < 1.29 is 9.59 Å². The molecular formula is C17H17NO2S. The number of carbonyl (C=O) groups excluding carboxylic acids is 2. The number of amides is 1. The van der Waals surface area contributed by atoms with Gasteiger partial charge >= 0.3 is 0 Å². The summed E-state index contributed by atoms with van der Waals surface area (Å²) in [5.41, 5.74) is 1.36. The topological polar surface area (TPSA) is 46.2 Å². The van der Waals surface area contributed by atoms with Crippen molar-refractivity contribution in [3.63, 3.8) is 0 Å². The predicted molar refractivity (Wildman–Crippen MR) is 86.9 cm³/mol. The maximum atomic E-state index is 11.8. The highest BCUT2D eigenvalue weighted by molar-refractivity contribution is 7.99. The molecule has 0 spiro atoms.